The summed E-state index contributed by atoms with van der Waals surface area (Å²) in [7, 11) is 0. The first-order chi connectivity index (χ1) is 58.0. The Balaban J connectivity index is 1.65. The maximum atomic E-state index is 14.1. The fraction of sp³-hybridized carbons (Fsp3) is 0.743. The van der Waals surface area contributed by atoms with Crippen LogP contribution in [0.1, 0.15) is 132 Å². The third kappa shape index (κ3) is 30.4. The summed E-state index contributed by atoms with van der Waals surface area (Å²) < 4.78 is 166. The molecule has 0 spiro atoms. The van der Waals surface area contributed by atoms with E-state index in [2.05, 4.69) is 10.6 Å². The molecule has 696 valence electrons. The number of esters is 17. The third-order valence-corrected chi connectivity index (χ3v) is 17.9. The van der Waals surface area contributed by atoms with Gasteiger partial charge in [-0.1, -0.05) is 0 Å². The topological polar surface area (TPSA) is 627 Å². The van der Waals surface area contributed by atoms with Gasteiger partial charge >= 0.3 is 101 Å². The van der Waals surface area contributed by atoms with Crippen LogP contribution >= 0.6 is 0 Å². The lowest BCUT2D eigenvalue weighted by Crippen LogP contribution is -2.71. The standard InChI is InChI=1S/C74H102N2O48/c1-26(77)75-51-59(106-36(11)87)53(121-72-66(112-42(17)93)62(109-39(14)90)55(103-33(8)84)48(118-72)23-100-31(6)82)46(21-98-29(4)80)116-70(51)102-25-50-57(105-35(10)86)64(68(114-44(19)95)74(120-50)123-58-45(20-97-28(3)79)115-69(96)65(111-41(16)92)61(58)108-38(13)89)124-71-52(76-27(2)78)60(107-37(12)88)54(47(117-71)22-99-30(5)81)122-73-67(113-43(18)94)63(110-40(15)91)56(104-34(9)85)49(119-73)24-101-32(7)83/h45-74,96H,20-25H2,1-19H3,(H,75,77)(H,76,78)/t45-,46-,47-,48-,49-,50-,51-,52-,53-,54-,55+,56+,57+,58-,59-,60-,61+,62+,63+,64+,65-,66-,67-,68-,69?,70-,71+,72+,73+,74+/m1/s1. The second-order valence-electron chi connectivity index (χ2n) is 28.4. The van der Waals surface area contributed by atoms with Crippen molar-refractivity contribution in [3.63, 3.8) is 0 Å². The van der Waals surface area contributed by atoms with Crippen LogP contribution < -0.4 is 10.6 Å². The molecule has 0 aromatic rings. The van der Waals surface area contributed by atoms with Crippen LogP contribution in [0.5, 0.6) is 0 Å². The fourth-order valence-electron chi connectivity index (χ4n) is 13.9. The molecule has 0 aromatic carbocycles. The number of aliphatic hydroxyl groups is 1. The number of aliphatic hydroxyl groups excluding tert-OH is 1. The Kier molecular flexibility index (Phi) is 38.7. The van der Waals surface area contributed by atoms with E-state index in [1.165, 1.54) is 0 Å². The first-order valence-electron chi connectivity index (χ1n) is 38.1. The molecule has 2 amide bonds. The summed E-state index contributed by atoms with van der Waals surface area (Å²) >= 11 is 0. The first kappa shape index (κ1) is 102. The SMILES string of the molecule is CC(=O)N[C@H]1[C@H](OC[C@H]2O[C@@H](O[C@H]3[C@H](OC(C)=O)[C@@H](OC(C)=O)C(O)O[C@@H]3COC(C)=O)[C@H](OC(C)=O)[C@@H](O[C@@H]3O[C@H](COC(C)=O)[C@@H](O[C@@H]4O[C@H](COC(C)=O)[C@H](OC(C)=O)[C@H](OC(C)=O)[C@H]4OC(C)=O)[C@H](OC(C)=O)[C@H]3NC(C)=O)[C@H]2OC(C)=O)O[C@H](COC(C)=O)[C@@H](O[C@@H]2O[C@H](COC(C)=O)[C@H](OC(C)=O)[C@H](OC(C)=O)[C@H]2OC(C)=O)[C@@H]1OC(C)=O. The highest BCUT2D eigenvalue weighted by Gasteiger charge is 2.63. The Hall–Kier alpha value is -10.6. The zero-order valence-electron chi connectivity index (χ0n) is 70.7. The van der Waals surface area contributed by atoms with Crippen LogP contribution in [0.15, 0.2) is 0 Å². The van der Waals surface area contributed by atoms with Crippen molar-refractivity contribution in [2.45, 2.75) is 316 Å². The minimum absolute atomic E-state index is 0.798. The van der Waals surface area contributed by atoms with E-state index in [1.807, 2.05) is 0 Å². The minimum Gasteiger partial charge on any atom is -0.463 e. The van der Waals surface area contributed by atoms with Crippen LogP contribution in [0, 0.1) is 0 Å². The molecule has 0 radical (unpaired) electrons. The van der Waals surface area contributed by atoms with Gasteiger partial charge in [0.2, 0.25) is 11.8 Å². The van der Waals surface area contributed by atoms with Crippen molar-refractivity contribution in [1.82, 2.24) is 10.6 Å². The highest BCUT2D eigenvalue weighted by molar-refractivity contribution is 5.75. The maximum absolute atomic E-state index is 14.1. The normalized spacial score (nSPS) is 33.1. The lowest BCUT2D eigenvalue weighted by Gasteiger charge is -2.52. The molecule has 0 aliphatic carbocycles. The van der Waals surface area contributed by atoms with E-state index in [0.717, 1.165) is 132 Å². The second kappa shape index (κ2) is 47.0. The summed E-state index contributed by atoms with van der Waals surface area (Å²) in [4.78, 5) is 250. The van der Waals surface area contributed by atoms with Gasteiger partial charge in [-0.2, -0.15) is 0 Å². The van der Waals surface area contributed by atoms with Gasteiger partial charge in [0.05, 0.1) is 6.61 Å². The number of carbonyl (C=O) groups excluding carboxylic acids is 19. The van der Waals surface area contributed by atoms with Crippen molar-refractivity contribution in [3.05, 3.63) is 0 Å². The van der Waals surface area contributed by atoms with Crippen molar-refractivity contribution in [1.29, 1.82) is 0 Å². The minimum atomic E-state index is -2.50. The zero-order valence-corrected chi connectivity index (χ0v) is 70.7. The molecule has 6 fully saturated rings. The summed E-state index contributed by atoms with van der Waals surface area (Å²) in [6.45, 7) is 11.2. The largest absolute Gasteiger partial charge is 0.463 e. The molecule has 6 rings (SSSR count). The lowest BCUT2D eigenvalue weighted by molar-refractivity contribution is -0.384. The van der Waals surface area contributed by atoms with E-state index < -0.39 is 337 Å². The average molecular weight is 1790 g/mol. The predicted molar refractivity (Wildman–Crippen MR) is 385 cm³/mol. The van der Waals surface area contributed by atoms with E-state index in [9.17, 15) is 96.2 Å². The number of ether oxygens (including phenoxy) is 28. The van der Waals surface area contributed by atoms with Gasteiger partial charge in [-0.25, -0.2) is 0 Å². The second-order valence-corrected chi connectivity index (χ2v) is 28.4. The molecule has 50 nitrogen and oxygen atoms in total. The van der Waals surface area contributed by atoms with Crippen molar-refractivity contribution < 1.29 is 229 Å². The molecule has 6 aliphatic heterocycles. The van der Waals surface area contributed by atoms with Gasteiger partial charge in [-0.05, 0) is 0 Å². The molecule has 0 saturated carbocycles. The quantitative estimate of drug-likeness (QED) is 0.0401. The lowest BCUT2D eigenvalue weighted by atomic mass is 9.93. The van der Waals surface area contributed by atoms with Crippen LogP contribution in [-0.4, -0.2) is 342 Å². The molecule has 50 heteroatoms. The van der Waals surface area contributed by atoms with E-state index in [1.54, 1.807) is 0 Å². The van der Waals surface area contributed by atoms with Crippen molar-refractivity contribution in [3.8, 4) is 0 Å². The van der Waals surface area contributed by atoms with Crippen LogP contribution in [0.25, 0.3) is 0 Å². The van der Waals surface area contributed by atoms with E-state index >= 15 is 0 Å². The van der Waals surface area contributed by atoms with Gasteiger partial charge in [0.25, 0.3) is 0 Å². The number of nitrogens with one attached hydrogen (secondary N) is 2. The van der Waals surface area contributed by atoms with Crippen LogP contribution in [0.4, 0.5) is 0 Å². The molecule has 3 N–H and O–H groups in total. The zero-order chi connectivity index (χ0) is 92.7. The molecule has 6 heterocycles. The Bertz CT molecular complexity index is 3850. The average Bonchev–Trinajstić information content (AvgIpc) is 0.767. The Morgan fingerprint density at radius 1 is 0.210 bits per heavy atom. The number of hydrogen-bond acceptors (Lipinski definition) is 48. The monoisotopic (exact) mass is 1790 g/mol. The summed E-state index contributed by atoms with van der Waals surface area (Å²) in [6.07, 6.45) is -58.8. The number of amides is 2. The van der Waals surface area contributed by atoms with Crippen molar-refractivity contribution >= 4 is 113 Å². The molecule has 124 heavy (non-hydrogen) atoms. The summed E-state index contributed by atoms with van der Waals surface area (Å²) in [6, 6.07) is -4.13. The summed E-state index contributed by atoms with van der Waals surface area (Å²) in [5.41, 5.74) is 0. The van der Waals surface area contributed by atoms with Crippen LogP contribution in [-0.2, 0) is 224 Å². The van der Waals surface area contributed by atoms with Gasteiger partial charge in [0.1, 0.15) is 106 Å². The highest BCUT2D eigenvalue weighted by Crippen LogP contribution is 2.42. The van der Waals surface area contributed by atoms with Crippen LogP contribution in [0.3, 0.4) is 0 Å². The number of carbonyl (C=O) groups is 19. The Morgan fingerprint density at radius 2 is 0.411 bits per heavy atom. The predicted octanol–water partition coefficient (Wildman–Crippen LogP) is -4.11. The summed E-state index contributed by atoms with van der Waals surface area (Å²) in [5.74, 6) is -21.0. The third-order valence-electron chi connectivity index (χ3n) is 17.9. The molecular weight excluding hydrogens is 1680 g/mol. The smallest absolute Gasteiger partial charge is 0.303 e. The molecule has 6 saturated heterocycles. The molecule has 0 bridgehead atoms. The van der Waals surface area contributed by atoms with Crippen molar-refractivity contribution in [2.24, 2.45) is 0 Å². The first-order valence-corrected chi connectivity index (χ1v) is 38.1. The van der Waals surface area contributed by atoms with Crippen molar-refractivity contribution in [2.75, 3.05) is 39.6 Å². The molecular formula is C74H102N2O48. The fourth-order valence-corrected chi connectivity index (χ4v) is 13.9. The molecule has 30 atom stereocenters. The highest BCUT2D eigenvalue weighted by atomic mass is 16.8. The number of hydrogen-bond donors (Lipinski definition) is 3. The van der Waals surface area contributed by atoms with Gasteiger partial charge in [0.15, 0.2) is 111 Å². The Labute approximate surface area is 705 Å². The van der Waals surface area contributed by atoms with E-state index in [0.29, 0.717) is 0 Å². The number of rotatable bonds is 35. The van der Waals surface area contributed by atoms with Gasteiger partial charge in [0, 0.05) is 132 Å². The van der Waals surface area contributed by atoms with Gasteiger partial charge < -0.3 is 148 Å². The van der Waals surface area contributed by atoms with Gasteiger partial charge in [-0.15, -0.1) is 0 Å². The maximum Gasteiger partial charge on any atom is 0.303 e. The van der Waals surface area contributed by atoms with Gasteiger partial charge in [-0.3, -0.25) is 91.1 Å². The summed E-state index contributed by atoms with van der Waals surface area (Å²) in [5, 5.41) is 16.5. The van der Waals surface area contributed by atoms with E-state index in [-0.39, 0.29) is 0 Å². The van der Waals surface area contributed by atoms with E-state index in [4.69, 9.17) is 133 Å². The molecule has 1 unspecified atom stereocenters. The molecule has 0 aromatic heterocycles. The molecule has 6 aliphatic rings. The van der Waals surface area contributed by atoms with Crippen LogP contribution in [0.2, 0.25) is 0 Å². The Morgan fingerprint density at radius 3 is 0.710 bits per heavy atom.